The molecule has 0 saturated carbocycles. The first kappa shape index (κ1) is 21.8. The lowest BCUT2D eigenvalue weighted by Gasteiger charge is -2.25. The zero-order valence-corrected chi connectivity index (χ0v) is 18.6. The minimum absolute atomic E-state index is 0.553. The van der Waals surface area contributed by atoms with Crippen LogP contribution in [0.5, 0.6) is 0 Å². The Morgan fingerprint density at radius 3 is 2.29 bits per heavy atom. The number of halogens is 3. The van der Waals surface area contributed by atoms with Crippen LogP contribution in [-0.2, 0) is 12.6 Å². The highest BCUT2D eigenvalue weighted by Crippen LogP contribution is 2.38. The van der Waals surface area contributed by atoms with E-state index in [1.54, 1.807) is 0 Å². The SMILES string of the molecule is CN(c1ccc2ccc(C(F)(F)F)cc2c1)c1c(Cc2cccc(N)c2)ccc2ccccc12. The fourth-order valence-corrected chi connectivity index (χ4v) is 4.51. The smallest absolute Gasteiger partial charge is 0.399 e. The molecule has 0 bridgehead atoms. The molecule has 0 aromatic heterocycles. The Labute approximate surface area is 196 Å². The monoisotopic (exact) mass is 456 g/mol. The van der Waals surface area contributed by atoms with E-state index < -0.39 is 11.7 Å². The van der Waals surface area contributed by atoms with Gasteiger partial charge in [0, 0.05) is 23.8 Å². The summed E-state index contributed by atoms with van der Waals surface area (Å²) < 4.78 is 39.9. The summed E-state index contributed by atoms with van der Waals surface area (Å²) in [4.78, 5) is 2.06. The summed E-state index contributed by atoms with van der Waals surface area (Å²) in [5, 5.41) is 3.50. The second-order valence-electron chi connectivity index (χ2n) is 8.52. The van der Waals surface area contributed by atoms with Gasteiger partial charge in [0.2, 0.25) is 0 Å². The highest BCUT2D eigenvalue weighted by atomic mass is 19.4. The summed E-state index contributed by atoms with van der Waals surface area (Å²) in [6.45, 7) is 0. The minimum atomic E-state index is -4.38. The van der Waals surface area contributed by atoms with Gasteiger partial charge in [0.25, 0.3) is 0 Å². The molecule has 170 valence electrons. The van der Waals surface area contributed by atoms with Crippen molar-refractivity contribution in [2.45, 2.75) is 12.6 Å². The van der Waals surface area contributed by atoms with Crippen LogP contribution in [0.3, 0.4) is 0 Å². The van der Waals surface area contributed by atoms with Crippen LogP contribution in [-0.4, -0.2) is 7.05 Å². The third kappa shape index (κ3) is 4.17. The molecule has 0 atom stereocenters. The molecule has 0 amide bonds. The predicted octanol–water partition coefficient (Wildman–Crippen LogP) is 7.95. The number of nitrogens with two attached hydrogens (primary N) is 1. The summed E-state index contributed by atoms with van der Waals surface area (Å²) in [5.74, 6) is 0. The van der Waals surface area contributed by atoms with Crippen molar-refractivity contribution in [2.75, 3.05) is 17.7 Å². The fraction of sp³-hybridized carbons (Fsp3) is 0.103. The maximum Gasteiger partial charge on any atom is 0.416 e. The summed E-state index contributed by atoms with van der Waals surface area (Å²) in [6, 6.07) is 29.6. The third-order valence-corrected chi connectivity index (χ3v) is 6.20. The normalized spacial score (nSPS) is 11.8. The molecule has 5 aromatic carbocycles. The maximum absolute atomic E-state index is 13.3. The van der Waals surface area contributed by atoms with E-state index in [0.717, 1.165) is 44.7 Å². The number of fused-ring (bicyclic) bond motifs is 2. The zero-order chi connectivity index (χ0) is 23.9. The van der Waals surface area contributed by atoms with Crippen LogP contribution in [0.25, 0.3) is 21.5 Å². The highest BCUT2D eigenvalue weighted by Gasteiger charge is 2.30. The van der Waals surface area contributed by atoms with E-state index >= 15 is 0 Å². The Morgan fingerprint density at radius 2 is 1.50 bits per heavy atom. The first-order chi connectivity index (χ1) is 16.3. The lowest BCUT2D eigenvalue weighted by molar-refractivity contribution is -0.137. The molecule has 2 nitrogen and oxygen atoms in total. The van der Waals surface area contributed by atoms with Gasteiger partial charge in [0.1, 0.15) is 0 Å². The van der Waals surface area contributed by atoms with Gasteiger partial charge >= 0.3 is 6.18 Å². The van der Waals surface area contributed by atoms with Gasteiger partial charge in [-0.3, -0.25) is 0 Å². The van der Waals surface area contributed by atoms with E-state index in [4.69, 9.17) is 5.73 Å². The van der Waals surface area contributed by atoms with Crippen molar-refractivity contribution in [2.24, 2.45) is 0 Å². The maximum atomic E-state index is 13.3. The lowest BCUT2D eigenvalue weighted by Crippen LogP contribution is -2.13. The molecule has 0 saturated heterocycles. The van der Waals surface area contributed by atoms with Crippen LogP contribution < -0.4 is 10.6 Å². The molecular formula is C29H23F3N2. The number of nitrogens with zero attached hydrogens (tertiary/aromatic N) is 1. The molecule has 0 heterocycles. The molecule has 5 heteroatoms. The lowest BCUT2D eigenvalue weighted by atomic mass is 9.97. The van der Waals surface area contributed by atoms with Crippen LogP contribution in [0.4, 0.5) is 30.2 Å². The second kappa shape index (κ2) is 8.41. The Morgan fingerprint density at radius 1 is 0.735 bits per heavy atom. The predicted molar refractivity (Wildman–Crippen MR) is 135 cm³/mol. The van der Waals surface area contributed by atoms with Crippen molar-refractivity contribution >= 4 is 38.6 Å². The summed E-state index contributed by atoms with van der Waals surface area (Å²) in [5.41, 5.74) is 10.1. The topological polar surface area (TPSA) is 29.3 Å². The van der Waals surface area contributed by atoms with Gasteiger partial charge in [0.05, 0.1) is 11.3 Å². The van der Waals surface area contributed by atoms with Gasteiger partial charge in [-0.25, -0.2) is 0 Å². The number of alkyl halides is 3. The summed E-state index contributed by atoms with van der Waals surface area (Å²) >= 11 is 0. The van der Waals surface area contributed by atoms with Crippen LogP contribution in [0.15, 0.2) is 97.1 Å². The zero-order valence-electron chi connectivity index (χ0n) is 18.6. The largest absolute Gasteiger partial charge is 0.416 e. The average molecular weight is 457 g/mol. The van der Waals surface area contributed by atoms with Crippen molar-refractivity contribution < 1.29 is 13.2 Å². The first-order valence-corrected chi connectivity index (χ1v) is 11.0. The van der Waals surface area contributed by atoms with Crippen molar-refractivity contribution in [1.82, 2.24) is 0 Å². The molecule has 5 aromatic rings. The molecule has 0 spiro atoms. The molecular weight excluding hydrogens is 433 g/mol. The fourth-order valence-electron chi connectivity index (χ4n) is 4.51. The number of rotatable bonds is 4. The van der Waals surface area contributed by atoms with Crippen molar-refractivity contribution in [3.05, 3.63) is 114 Å². The van der Waals surface area contributed by atoms with Crippen molar-refractivity contribution in [3.63, 3.8) is 0 Å². The quantitative estimate of drug-likeness (QED) is 0.278. The van der Waals surface area contributed by atoms with Gasteiger partial charge in [0.15, 0.2) is 0 Å². The molecule has 0 fully saturated rings. The Hall–Kier alpha value is -3.99. The molecule has 0 aliphatic heterocycles. The highest BCUT2D eigenvalue weighted by molar-refractivity contribution is 5.99. The molecule has 0 unspecified atom stereocenters. The first-order valence-electron chi connectivity index (χ1n) is 11.0. The number of anilines is 3. The Bertz CT molecular complexity index is 1510. The molecule has 34 heavy (non-hydrogen) atoms. The van der Waals surface area contributed by atoms with Crippen LogP contribution >= 0.6 is 0 Å². The molecule has 0 aliphatic rings. The van der Waals surface area contributed by atoms with Gasteiger partial charge in [-0.05, 0) is 70.1 Å². The van der Waals surface area contributed by atoms with Gasteiger partial charge in [-0.2, -0.15) is 13.2 Å². The third-order valence-electron chi connectivity index (χ3n) is 6.20. The van der Waals surface area contributed by atoms with Crippen molar-refractivity contribution in [1.29, 1.82) is 0 Å². The van der Waals surface area contributed by atoms with E-state index in [-0.39, 0.29) is 0 Å². The van der Waals surface area contributed by atoms with Crippen LogP contribution in [0, 0.1) is 0 Å². The molecule has 0 radical (unpaired) electrons. The summed E-state index contributed by atoms with van der Waals surface area (Å²) in [7, 11) is 1.96. The second-order valence-corrected chi connectivity index (χ2v) is 8.52. The van der Waals surface area contributed by atoms with E-state index in [1.807, 2.05) is 61.6 Å². The number of hydrogen-bond donors (Lipinski definition) is 1. The minimum Gasteiger partial charge on any atom is -0.399 e. The number of nitrogen functional groups attached to an aromatic ring is 1. The van der Waals surface area contributed by atoms with E-state index in [9.17, 15) is 13.2 Å². The van der Waals surface area contributed by atoms with E-state index in [1.165, 1.54) is 12.1 Å². The van der Waals surface area contributed by atoms with E-state index in [2.05, 4.69) is 29.2 Å². The van der Waals surface area contributed by atoms with Crippen LogP contribution in [0.2, 0.25) is 0 Å². The van der Waals surface area contributed by atoms with Crippen LogP contribution in [0.1, 0.15) is 16.7 Å². The average Bonchev–Trinajstić information content (AvgIpc) is 2.82. The van der Waals surface area contributed by atoms with Crippen molar-refractivity contribution in [3.8, 4) is 0 Å². The number of benzene rings is 5. The van der Waals surface area contributed by atoms with E-state index in [0.29, 0.717) is 17.5 Å². The van der Waals surface area contributed by atoms with Gasteiger partial charge in [-0.1, -0.05) is 60.7 Å². The van der Waals surface area contributed by atoms with Gasteiger partial charge in [-0.15, -0.1) is 0 Å². The molecule has 2 N–H and O–H groups in total. The summed E-state index contributed by atoms with van der Waals surface area (Å²) in [6.07, 6.45) is -3.70. The number of hydrogen-bond acceptors (Lipinski definition) is 2. The molecule has 0 aliphatic carbocycles. The Balaban J connectivity index is 1.64. The van der Waals surface area contributed by atoms with Gasteiger partial charge < -0.3 is 10.6 Å². The standard InChI is InChI=1S/C29H23F3N2/c1-34(26-14-12-20-11-13-24(29(30,31)32)17-23(20)18-26)28-22(15-19-5-4-7-25(33)16-19)10-9-21-6-2-3-8-27(21)28/h2-14,16-18H,15,33H2,1H3. The molecule has 5 rings (SSSR count). The Kier molecular flexibility index (Phi) is 5.40.